The predicted molar refractivity (Wildman–Crippen MR) is 237 cm³/mol. The number of carbonyl (C=O) groups is 3. The van der Waals surface area contributed by atoms with Crippen LogP contribution >= 0.6 is 0 Å². The summed E-state index contributed by atoms with van der Waals surface area (Å²) in [5.41, 5.74) is 0.0285. The first-order valence-electron chi connectivity index (χ1n) is 22.6. The van der Waals surface area contributed by atoms with Gasteiger partial charge in [-0.3, -0.25) is 14.4 Å². The number of carboxylic acid groups (broad SMARTS) is 2. The van der Waals surface area contributed by atoms with E-state index in [1.807, 2.05) is 0 Å². The van der Waals surface area contributed by atoms with Crippen molar-refractivity contribution in [2.45, 2.75) is 214 Å². The summed E-state index contributed by atoms with van der Waals surface area (Å²) in [6.07, 6.45) is 45.8. The van der Waals surface area contributed by atoms with E-state index in [0.29, 0.717) is 6.42 Å². The Bertz CT molecular complexity index is 1040. The summed E-state index contributed by atoms with van der Waals surface area (Å²) in [6, 6.07) is 0. The fourth-order valence-electron chi connectivity index (χ4n) is 7.92. The van der Waals surface area contributed by atoms with Crippen LogP contribution in [0.4, 0.5) is 0 Å². The smallest absolute Gasteiger partial charge is 0.306 e. The molecule has 0 aliphatic rings. The minimum absolute atomic E-state index is 0.0285. The zero-order chi connectivity index (χ0) is 41.8. The molecule has 0 spiro atoms. The third-order valence-corrected chi connectivity index (χ3v) is 10.2. The quantitative estimate of drug-likeness (QED) is 0.0363. The SMILES string of the molecule is CN(C)CC(C)(C)CC(C)(C)CC(=O)OC(CCCCCCCC/C=C\C/C=C\CCCCC(=O)O)CCCCCCCC/C=C\C/C=C\CCCCC(=O)O. The number of carboxylic acids is 2. The maximum absolute atomic E-state index is 13.3. The maximum atomic E-state index is 13.3. The van der Waals surface area contributed by atoms with Gasteiger partial charge in [0.05, 0.1) is 6.42 Å². The van der Waals surface area contributed by atoms with E-state index in [2.05, 4.69) is 95.3 Å². The second kappa shape index (κ2) is 35.5. The first-order valence-corrected chi connectivity index (χ1v) is 22.6. The average Bonchev–Trinajstić information content (AvgIpc) is 3.09. The third kappa shape index (κ3) is 39.6. The van der Waals surface area contributed by atoms with Crippen molar-refractivity contribution in [1.29, 1.82) is 0 Å². The summed E-state index contributed by atoms with van der Waals surface area (Å²) in [4.78, 5) is 36.6. The third-order valence-electron chi connectivity index (χ3n) is 10.2. The van der Waals surface area contributed by atoms with Gasteiger partial charge in [-0.15, -0.1) is 0 Å². The van der Waals surface area contributed by atoms with E-state index in [4.69, 9.17) is 14.9 Å². The number of ether oxygens (including phenoxy) is 1. The summed E-state index contributed by atoms with van der Waals surface area (Å²) in [7, 11) is 4.23. The average molecular weight is 786 g/mol. The van der Waals surface area contributed by atoms with E-state index in [1.165, 1.54) is 64.2 Å². The van der Waals surface area contributed by atoms with Crippen molar-refractivity contribution < 1.29 is 29.3 Å². The number of nitrogens with zero attached hydrogens (tertiary/aromatic N) is 1. The van der Waals surface area contributed by atoms with Gasteiger partial charge in [-0.25, -0.2) is 0 Å². The molecular weight excluding hydrogens is 699 g/mol. The van der Waals surface area contributed by atoms with Gasteiger partial charge in [-0.05, 0) is 134 Å². The molecule has 0 aromatic carbocycles. The molecule has 7 heteroatoms. The Hall–Kier alpha value is -2.67. The lowest BCUT2D eigenvalue weighted by Crippen LogP contribution is -2.34. The number of esters is 1. The van der Waals surface area contributed by atoms with Crippen molar-refractivity contribution in [2.75, 3.05) is 20.6 Å². The maximum Gasteiger partial charge on any atom is 0.306 e. The topological polar surface area (TPSA) is 104 Å². The van der Waals surface area contributed by atoms with Crippen molar-refractivity contribution in [1.82, 2.24) is 4.90 Å². The summed E-state index contributed by atoms with van der Waals surface area (Å²) in [5.74, 6) is -1.44. The molecule has 0 fully saturated rings. The fourth-order valence-corrected chi connectivity index (χ4v) is 7.92. The molecule has 0 saturated carbocycles. The number of hydrogen-bond donors (Lipinski definition) is 2. The van der Waals surface area contributed by atoms with Crippen LogP contribution in [0.5, 0.6) is 0 Å². The summed E-state index contributed by atoms with van der Waals surface area (Å²) in [6.45, 7) is 10.0. The number of aliphatic carboxylic acids is 2. The molecule has 0 aliphatic carbocycles. The molecule has 0 rings (SSSR count). The Labute approximate surface area is 344 Å². The van der Waals surface area contributed by atoms with Crippen molar-refractivity contribution >= 4 is 17.9 Å². The number of unbranched alkanes of at least 4 members (excludes halogenated alkanes) is 16. The molecule has 0 unspecified atom stereocenters. The van der Waals surface area contributed by atoms with Crippen LogP contribution in [-0.2, 0) is 19.1 Å². The number of carbonyl (C=O) groups excluding carboxylic acids is 1. The van der Waals surface area contributed by atoms with E-state index < -0.39 is 11.9 Å². The van der Waals surface area contributed by atoms with E-state index >= 15 is 0 Å². The Morgan fingerprint density at radius 2 is 0.875 bits per heavy atom. The van der Waals surface area contributed by atoms with Gasteiger partial charge in [0.15, 0.2) is 0 Å². The van der Waals surface area contributed by atoms with Crippen LogP contribution in [0.15, 0.2) is 48.6 Å². The van der Waals surface area contributed by atoms with Crippen molar-refractivity contribution in [3.63, 3.8) is 0 Å². The first kappa shape index (κ1) is 53.3. The largest absolute Gasteiger partial charge is 0.481 e. The highest BCUT2D eigenvalue weighted by molar-refractivity contribution is 5.70. The molecule has 0 bridgehead atoms. The molecular formula is C49H87NO6. The van der Waals surface area contributed by atoms with Gasteiger partial charge in [0.2, 0.25) is 0 Å². The molecule has 0 saturated heterocycles. The van der Waals surface area contributed by atoms with Crippen LogP contribution < -0.4 is 0 Å². The Morgan fingerprint density at radius 3 is 1.25 bits per heavy atom. The molecule has 0 amide bonds. The normalized spacial score (nSPS) is 12.8. The van der Waals surface area contributed by atoms with Crippen LogP contribution in [0.3, 0.4) is 0 Å². The summed E-state index contributed by atoms with van der Waals surface area (Å²) < 4.78 is 6.23. The summed E-state index contributed by atoms with van der Waals surface area (Å²) >= 11 is 0. The number of hydrogen-bond acceptors (Lipinski definition) is 5. The molecule has 7 nitrogen and oxygen atoms in total. The molecule has 0 atom stereocenters. The Balaban J connectivity index is 4.45. The minimum atomic E-state index is -0.708. The van der Waals surface area contributed by atoms with Crippen LogP contribution in [0, 0.1) is 10.8 Å². The second-order valence-electron chi connectivity index (χ2n) is 18.1. The molecule has 0 aliphatic heterocycles. The standard InChI is InChI=1S/C49H87NO6/c1-48(2,42-49(3,4)43-50(5)6)41-47(55)56-44(37-33-29-25-21-17-13-9-7-11-15-19-23-27-31-35-39-45(51)52)38-34-30-26-22-18-14-10-8-12-16-20-24-28-32-36-40-46(53)54/h7-8,11-12,19-20,23-24,44H,9-10,13-18,21-22,25-43H2,1-6H3,(H,51,52)(H,53,54)/b11-7-,12-8-,23-19-,24-20-. The van der Waals surface area contributed by atoms with Crippen molar-refractivity contribution in [3.05, 3.63) is 48.6 Å². The van der Waals surface area contributed by atoms with Gasteiger partial charge in [0.1, 0.15) is 6.10 Å². The lowest BCUT2D eigenvalue weighted by atomic mass is 9.73. The first-order chi connectivity index (χ1) is 26.7. The summed E-state index contributed by atoms with van der Waals surface area (Å²) in [5, 5.41) is 17.4. The number of rotatable bonds is 39. The van der Waals surface area contributed by atoms with Crippen molar-refractivity contribution in [3.8, 4) is 0 Å². The zero-order valence-electron chi connectivity index (χ0n) is 37.2. The van der Waals surface area contributed by atoms with Gasteiger partial charge in [-0.2, -0.15) is 0 Å². The van der Waals surface area contributed by atoms with Gasteiger partial charge < -0.3 is 19.8 Å². The molecule has 56 heavy (non-hydrogen) atoms. The van der Waals surface area contributed by atoms with Gasteiger partial charge in [0, 0.05) is 19.4 Å². The predicted octanol–water partition coefficient (Wildman–Crippen LogP) is 13.8. The number of allylic oxidation sites excluding steroid dienone is 8. The second-order valence-corrected chi connectivity index (χ2v) is 18.1. The molecule has 2 N–H and O–H groups in total. The lowest BCUT2D eigenvalue weighted by molar-refractivity contribution is -0.152. The van der Waals surface area contributed by atoms with Gasteiger partial charge in [0.25, 0.3) is 0 Å². The highest BCUT2D eigenvalue weighted by Crippen LogP contribution is 2.37. The molecule has 324 valence electrons. The monoisotopic (exact) mass is 786 g/mol. The van der Waals surface area contributed by atoms with Crippen molar-refractivity contribution in [2.24, 2.45) is 10.8 Å². The molecule has 0 aromatic rings. The van der Waals surface area contributed by atoms with E-state index in [9.17, 15) is 14.4 Å². The van der Waals surface area contributed by atoms with Crippen LogP contribution in [0.25, 0.3) is 0 Å². The van der Waals surface area contributed by atoms with E-state index in [0.717, 1.165) is 103 Å². The van der Waals surface area contributed by atoms with Gasteiger partial charge in [-0.1, -0.05) is 128 Å². The highest BCUT2D eigenvalue weighted by Gasteiger charge is 2.32. The Kier molecular flexibility index (Phi) is 33.8. The molecule has 0 heterocycles. The van der Waals surface area contributed by atoms with Crippen LogP contribution in [0.1, 0.15) is 207 Å². The minimum Gasteiger partial charge on any atom is -0.481 e. The highest BCUT2D eigenvalue weighted by atomic mass is 16.5. The zero-order valence-corrected chi connectivity index (χ0v) is 37.2. The molecule has 0 aromatic heterocycles. The van der Waals surface area contributed by atoms with Gasteiger partial charge >= 0.3 is 17.9 Å². The lowest BCUT2D eigenvalue weighted by Gasteiger charge is -2.36. The van der Waals surface area contributed by atoms with Crippen LogP contribution in [-0.4, -0.2) is 59.8 Å². The fraction of sp³-hybridized carbons (Fsp3) is 0.776. The Morgan fingerprint density at radius 1 is 0.518 bits per heavy atom. The molecule has 0 radical (unpaired) electrons. The van der Waals surface area contributed by atoms with Crippen LogP contribution in [0.2, 0.25) is 0 Å². The van der Waals surface area contributed by atoms with E-state index in [-0.39, 0.29) is 35.7 Å². The van der Waals surface area contributed by atoms with E-state index in [1.54, 1.807) is 0 Å².